The first-order valence-electron chi connectivity index (χ1n) is 4.76. The van der Waals surface area contributed by atoms with Gasteiger partial charge in [0.2, 0.25) is 0 Å². The van der Waals surface area contributed by atoms with E-state index >= 15 is 0 Å². The number of aliphatic hydroxyl groups excluding tert-OH is 1. The maximum atomic E-state index is 12.9. The molecule has 0 aliphatic heterocycles. The Balaban J connectivity index is 2.89. The molecular formula is C11H14F2O2. The summed E-state index contributed by atoms with van der Waals surface area (Å²) in [5.74, 6) is -1.91. The molecular weight excluding hydrogens is 202 g/mol. The molecule has 0 saturated carbocycles. The lowest BCUT2D eigenvalue weighted by atomic mass is 9.91. The zero-order valence-corrected chi connectivity index (χ0v) is 8.50. The molecule has 1 aromatic carbocycles. The van der Waals surface area contributed by atoms with Crippen LogP contribution in [0.1, 0.15) is 25.3 Å². The van der Waals surface area contributed by atoms with Crippen LogP contribution in [0, 0.1) is 11.6 Å². The van der Waals surface area contributed by atoms with Gasteiger partial charge in [0.25, 0.3) is 0 Å². The summed E-state index contributed by atoms with van der Waals surface area (Å²) in [7, 11) is 0. The lowest BCUT2D eigenvalue weighted by Gasteiger charge is -2.23. The Hall–Kier alpha value is -1.00. The van der Waals surface area contributed by atoms with Gasteiger partial charge in [-0.25, -0.2) is 8.78 Å². The zero-order chi connectivity index (χ0) is 11.5. The van der Waals surface area contributed by atoms with Gasteiger partial charge < -0.3 is 10.2 Å². The molecule has 0 bridgehead atoms. The number of aliphatic hydroxyl groups is 2. The summed E-state index contributed by atoms with van der Waals surface area (Å²) in [6.07, 6.45) is 0.709. The third kappa shape index (κ3) is 2.97. The molecule has 1 aromatic rings. The van der Waals surface area contributed by atoms with Crippen molar-refractivity contribution in [3.8, 4) is 0 Å². The molecule has 0 aliphatic carbocycles. The van der Waals surface area contributed by atoms with E-state index in [2.05, 4.69) is 0 Å². The molecule has 0 aromatic heterocycles. The molecule has 2 nitrogen and oxygen atoms in total. The third-order valence-electron chi connectivity index (χ3n) is 2.36. The van der Waals surface area contributed by atoms with Crippen LogP contribution in [0.5, 0.6) is 0 Å². The van der Waals surface area contributed by atoms with E-state index in [0.717, 1.165) is 12.1 Å². The average Bonchev–Trinajstić information content (AvgIpc) is 2.19. The lowest BCUT2D eigenvalue weighted by Crippen LogP contribution is -2.21. The molecule has 1 atom stereocenters. The number of benzene rings is 1. The minimum Gasteiger partial charge on any atom is -0.396 e. The molecule has 15 heavy (non-hydrogen) atoms. The van der Waals surface area contributed by atoms with Crippen LogP contribution in [0.3, 0.4) is 0 Å². The number of halogens is 2. The van der Waals surface area contributed by atoms with Gasteiger partial charge in [-0.1, -0.05) is 6.07 Å². The van der Waals surface area contributed by atoms with E-state index in [1.165, 1.54) is 13.0 Å². The first kappa shape index (κ1) is 12.1. The summed E-state index contributed by atoms with van der Waals surface area (Å²) in [5, 5.41) is 18.6. The molecule has 84 valence electrons. The van der Waals surface area contributed by atoms with E-state index in [4.69, 9.17) is 5.11 Å². The molecule has 1 unspecified atom stereocenters. The number of hydrogen-bond acceptors (Lipinski definition) is 2. The van der Waals surface area contributed by atoms with Gasteiger partial charge in [0, 0.05) is 6.61 Å². The summed E-state index contributed by atoms with van der Waals surface area (Å²) >= 11 is 0. The Kier molecular flexibility index (Phi) is 3.77. The monoisotopic (exact) mass is 216 g/mol. The van der Waals surface area contributed by atoms with Gasteiger partial charge in [0.1, 0.15) is 0 Å². The smallest absolute Gasteiger partial charge is 0.159 e. The largest absolute Gasteiger partial charge is 0.396 e. The topological polar surface area (TPSA) is 40.5 Å². The molecule has 0 amide bonds. The van der Waals surface area contributed by atoms with Crippen LogP contribution in [-0.2, 0) is 5.60 Å². The van der Waals surface area contributed by atoms with Gasteiger partial charge in [-0.05, 0) is 37.5 Å². The Labute approximate surface area is 87.2 Å². The summed E-state index contributed by atoms with van der Waals surface area (Å²) in [6.45, 7) is 1.47. The molecule has 1 rings (SSSR count). The second-order valence-electron chi connectivity index (χ2n) is 3.73. The highest BCUT2D eigenvalue weighted by Gasteiger charge is 2.23. The van der Waals surface area contributed by atoms with Crippen molar-refractivity contribution < 1.29 is 19.0 Å². The molecule has 2 N–H and O–H groups in total. The highest BCUT2D eigenvalue weighted by atomic mass is 19.2. The predicted molar refractivity (Wildman–Crippen MR) is 52.2 cm³/mol. The molecule has 0 fully saturated rings. The molecule has 0 heterocycles. The van der Waals surface area contributed by atoms with E-state index in [1.807, 2.05) is 0 Å². The van der Waals surface area contributed by atoms with Crippen molar-refractivity contribution in [2.45, 2.75) is 25.4 Å². The van der Waals surface area contributed by atoms with Gasteiger partial charge >= 0.3 is 0 Å². The van der Waals surface area contributed by atoms with E-state index in [0.29, 0.717) is 18.4 Å². The maximum Gasteiger partial charge on any atom is 0.159 e. The summed E-state index contributed by atoms with van der Waals surface area (Å²) < 4.78 is 25.5. The van der Waals surface area contributed by atoms with Crippen molar-refractivity contribution in [2.24, 2.45) is 0 Å². The van der Waals surface area contributed by atoms with Gasteiger partial charge in [-0.2, -0.15) is 0 Å². The highest BCUT2D eigenvalue weighted by Crippen LogP contribution is 2.26. The van der Waals surface area contributed by atoms with E-state index in [1.54, 1.807) is 0 Å². The van der Waals surface area contributed by atoms with Crippen molar-refractivity contribution in [3.63, 3.8) is 0 Å². The van der Waals surface area contributed by atoms with Crippen LogP contribution in [0.2, 0.25) is 0 Å². The number of rotatable bonds is 4. The first-order valence-corrected chi connectivity index (χ1v) is 4.76. The maximum absolute atomic E-state index is 12.9. The standard InChI is InChI=1S/C11H14F2O2/c1-11(15,5-2-6-14)8-3-4-9(12)10(13)7-8/h3-4,7,14-15H,2,5-6H2,1H3. The highest BCUT2D eigenvalue weighted by molar-refractivity contribution is 5.23. The molecule has 0 saturated heterocycles. The molecule has 4 heteroatoms. The minimum atomic E-state index is -1.24. The molecule has 0 aliphatic rings. The average molecular weight is 216 g/mol. The second-order valence-corrected chi connectivity index (χ2v) is 3.73. The minimum absolute atomic E-state index is 0.0418. The van der Waals surface area contributed by atoms with Crippen LogP contribution in [-0.4, -0.2) is 16.8 Å². The fourth-order valence-electron chi connectivity index (χ4n) is 1.40. The van der Waals surface area contributed by atoms with Crippen molar-refractivity contribution in [3.05, 3.63) is 35.4 Å². The summed E-state index contributed by atoms with van der Waals surface area (Å²) in [5.41, 5.74) is -0.924. The Morgan fingerprint density at radius 2 is 1.93 bits per heavy atom. The second kappa shape index (κ2) is 4.68. The van der Waals surface area contributed by atoms with Crippen molar-refractivity contribution in [2.75, 3.05) is 6.61 Å². The normalized spacial score (nSPS) is 15.0. The Morgan fingerprint density at radius 1 is 1.27 bits per heavy atom. The number of hydrogen-bond donors (Lipinski definition) is 2. The van der Waals surface area contributed by atoms with E-state index in [9.17, 15) is 13.9 Å². The van der Waals surface area contributed by atoms with Gasteiger partial charge in [0.05, 0.1) is 5.60 Å². The summed E-state index contributed by atoms with van der Waals surface area (Å²) in [4.78, 5) is 0. The van der Waals surface area contributed by atoms with Crippen molar-refractivity contribution >= 4 is 0 Å². The summed E-state index contributed by atoms with van der Waals surface area (Å²) in [6, 6.07) is 3.31. The van der Waals surface area contributed by atoms with Crippen LogP contribution in [0.4, 0.5) is 8.78 Å². The Morgan fingerprint density at radius 3 is 2.47 bits per heavy atom. The van der Waals surface area contributed by atoms with E-state index < -0.39 is 17.2 Å². The van der Waals surface area contributed by atoms with E-state index in [-0.39, 0.29) is 6.61 Å². The van der Waals surface area contributed by atoms with Crippen LogP contribution in [0.15, 0.2) is 18.2 Å². The van der Waals surface area contributed by atoms with Gasteiger partial charge in [-0.3, -0.25) is 0 Å². The quantitative estimate of drug-likeness (QED) is 0.807. The first-order chi connectivity index (χ1) is 6.97. The predicted octanol–water partition coefficient (Wildman–Crippen LogP) is 1.94. The van der Waals surface area contributed by atoms with Crippen LogP contribution >= 0.6 is 0 Å². The van der Waals surface area contributed by atoms with Crippen molar-refractivity contribution in [1.29, 1.82) is 0 Å². The fourth-order valence-corrected chi connectivity index (χ4v) is 1.40. The van der Waals surface area contributed by atoms with Crippen LogP contribution in [0.25, 0.3) is 0 Å². The van der Waals surface area contributed by atoms with Crippen LogP contribution < -0.4 is 0 Å². The molecule has 0 spiro atoms. The Bertz CT molecular complexity index is 337. The van der Waals surface area contributed by atoms with Gasteiger partial charge in [-0.15, -0.1) is 0 Å². The van der Waals surface area contributed by atoms with Gasteiger partial charge in [0.15, 0.2) is 11.6 Å². The third-order valence-corrected chi connectivity index (χ3v) is 2.36. The SMILES string of the molecule is CC(O)(CCCO)c1ccc(F)c(F)c1. The molecule has 0 radical (unpaired) electrons. The van der Waals surface area contributed by atoms with Crippen molar-refractivity contribution in [1.82, 2.24) is 0 Å². The fraction of sp³-hybridized carbons (Fsp3) is 0.455. The lowest BCUT2D eigenvalue weighted by molar-refractivity contribution is 0.0399. The zero-order valence-electron chi connectivity index (χ0n) is 8.50.